The molecular formula is C14H29NO3. The van der Waals surface area contributed by atoms with Crippen molar-refractivity contribution in [3.05, 3.63) is 0 Å². The van der Waals surface area contributed by atoms with Crippen molar-refractivity contribution in [1.82, 2.24) is 4.90 Å². The molecule has 0 aromatic heterocycles. The van der Waals surface area contributed by atoms with E-state index in [0.29, 0.717) is 13.2 Å². The molecular weight excluding hydrogens is 230 g/mol. The van der Waals surface area contributed by atoms with Crippen LogP contribution in [0.4, 0.5) is 0 Å². The Bertz CT molecular complexity index is 213. The maximum atomic E-state index is 9.97. The van der Waals surface area contributed by atoms with Gasteiger partial charge in [-0.15, -0.1) is 0 Å². The zero-order valence-corrected chi connectivity index (χ0v) is 12.1. The molecule has 3 unspecified atom stereocenters. The molecule has 4 heteroatoms. The summed E-state index contributed by atoms with van der Waals surface area (Å²) in [6.45, 7) is 8.19. The summed E-state index contributed by atoms with van der Waals surface area (Å²) in [5, 5.41) is 9.97. The molecule has 3 atom stereocenters. The summed E-state index contributed by atoms with van der Waals surface area (Å²) in [4.78, 5) is 2.36. The third kappa shape index (κ3) is 6.69. The van der Waals surface area contributed by atoms with Gasteiger partial charge in [0.2, 0.25) is 0 Å². The molecule has 0 radical (unpaired) electrons. The molecule has 108 valence electrons. The smallest absolute Gasteiger partial charge is 0.0900 e. The van der Waals surface area contributed by atoms with Crippen LogP contribution in [0.2, 0.25) is 0 Å². The number of ether oxygens (including phenoxy) is 2. The molecule has 1 rings (SSSR count). The summed E-state index contributed by atoms with van der Waals surface area (Å²) in [6, 6.07) is 0. The third-order valence-corrected chi connectivity index (χ3v) is 3.55. The van der Waals surface area contributed by atoms with Gasteiger partial charge in [-0.25, -0.2) is 0 Å². The SMILES string of the molecule is COCC(C)OCC(O)CN1CCCC(C)CC1. The lowest BCUT2D eigenvalue weighted by molar-refractivity contribution is -0.0395. The Labute approximate surface area is 111 Å². The summed E-state index contributed by atoms with van der Waals surface area (Å²) >= 11 is 0. The number of hydrogen-bond donors (Lipinski definition) is 1. The molecule has 0 bridgehead atoms. The first kappa shape index (κ1) is 15.9. The maximum Gasteiger partial charge on any atom is 0.0900 e. The quantitative estimate of drug-likeness (QED) is 0.753. The second-order valence-corrected chi connectivity index (χ2v) is 5.59. The fourth-order valence-corrected chi connectivity index (χ4v) is 2.41. The Morgan fingerprint density at radius 2 is 2.06 bits per heavy atom. The summed E-state index contributed by atoms with van der Waals surface area (Å²) in [6.07, 6.45) is 3.46. The first-order valence-corrected chi connectivity index (χ1v) is 7.12. The number of hydrogen-bond acceptors (Lipinski definition) is 4. The van der Waals surface area contributed by atoms with E-state index in [-0.39, 0.29) is 6.10 Å². The Morgan fingerprint density at radius 3 is 2.78 bits per heavy atom. The summed E-state index contributed by atoms with van der Waals surface area (Å²) in [5.74, 6) is 0.824. The van der Waals surface area contributed by atoms with E-state index in [1.54, 1.807) is 7.11 Å². The van der Waals surface area contributed by atoms with Crippen LogP contribution in [0.25, 0.3) is 0 Å². The van der Waals surface area contributed by atoms with E-state index in [1.165, 1.54) is 19.3 Å². The van der Waals surface area contributed by atoms with Crippen LogP contribution in [0.5, 0.6) is 0 Å². The Morgan fingerprint density at radius 1 is 1.28 bits per heavy atom. The van der Waals surface area contributed by atoms with Gasteiger partial charge in [-0.05, 0) is 45.2 Å². The fraction of sp³-hybridized carbons (Fsp3) is 1.00. The highest BCUT2D eigenvalue weighted by molar-refractivity contribution is 4.70. The van der Waals surface area contributed by atoms with Gasteiger partial charge in [-0.2, -0.15) is 0 Å². The predicted molar refractivity (Wildman–Crippen MR) is 72.8 cm³/mol. The normalized spacial score (nSPS) is 25.7. The van der Waals surface area contributed by atoms with Gasteiger partial charge in [0.25, 0.3) is 0 Å². The largest absolute Gasteiger partial charge is 0.389 e. The minimum absolute atomic E-state index is 0.0498. The van der Waals surface area contributed by atoms with Crippen molar-refractivity contribution in [3.8, 4) is 0 Å². The number of aliphatic hydroxyl groups excluding tert-OH is 1. The molecule has 1 fully saturated rings. The average molecular weight is 259 g/mol. The van der Waals surface area contributed by atoms with Crippen molar-refractivity contribution in [2.24, 2.45) is 5.92 Å². The summed E-state index contributed by atoms with van der Waals surface area (Å²) in [5.41, 5.74) is 0. The van der Waals surface area contributed by atoms with E-state index >= 15 is 0 Å². The molecule has 4 nitrogen and oxygen atoms in total. The first-order chi connectivity index (χ1) is 8.61. The van der Waals surface area contributed by atoms with Crippen molar-refractivity contribution in [2.45, 2.75) is 45.3 Å². The van der Waals surface area contributed by atoms with Crippen LogP contribution in [-0.2, 0) is 9.47 Å². The topological polar surface area (TPSA) is 41.9 Å². The van der Waals surface area contributed by atoms with Gasteiger partial charge in [0.05, 0.1) is 25.4 Å². The van der Waals surface area contributed by atoms with Gasteiger partial charge >= 0.3 is 0 Å². The van der Waals surface area contributed by atoms with Crippen LogP contribution in [0, 0.1) is 5.92 Å². The van der Waals surface area contributed by atoms with Crippen LogP contribution in [0.3, 0.4) is 0 Å². The van der Waals surface area contributed by atoms with Crippen molar-refractivity contribution < 1.29 is 14.6 Å². The Kier molecular flexibility index (Phi) is 7.82. The fourth-order valence-electron chi connectivity index (χ4n) is 2.41. The van der Waals surface area contributed by atoms with Gasteiger partial charge in [0.1, 0.15) is 0 Å². The van der Waals surface area contributed by atoms with E-state index in [2.05, 4.69) is 11.8 Å². The minimum atomic E-state index is -0.391. The Hall–Kier alpha value is -0.160. The average Bonchev–Trinajstić information content (AvgIpc) is 2.52. The number of likely N-dealkylation sites (tertiary alicyclic amines) is 1. The zero-order chi connectivity index (χ0) is 13.4. The zero-order valence-electron chi connectivity index (χ0n) is 12.1. The van der Waals surface area contributed by atoms with Gasteiger partial charge in [-0.1, -0.05) is 6.92 Å². The highest BCUT2D eigenvalue weighted by Gasteiger charge is 2.17. The number of rotatable bonds is 7. The van der Waals surface area contributed by atoms with E-state index in [9.17, 15) is 5.11 Å². The number of methoxy groups -OCH3 is 1. The van der Waals surface area contributed by atoms with Crippen LogP contribution >= 0.6 is 0 Å². The first-order valence-electron chi connectivity index (χ1n) is 7.12. The molecule has 18 heavy (non-hydrogen) atoms. The van der Waals surface area contributed by atoms with Crippen LogP contribution in [0.1, 0.15) is 33.1 Å². The van der Waals surface area contributed by atoms with E-state index in [4.69, 9.17) is 9.47 Å². The molecule has 1 heterocycles. The summed E-state index contributed by atoms with van der Waals surface area (Å²) < 4.78 is 10.5. The molecule has 0 amide bonds. The van der Waals surface area contributed by atoms with Gasteiger partial charge < -0.3 is 19.5 Å². The third-order valence-electron chi connectivity index (χ3n) is 3.55. The standard InChI is InChI=1S/C14H29NO3/c1-12-5-4-7-15(8-6-12)9-14(16)11-18-13(2)10-17-3/h12-14,16H,4-11H2,1-3H3. The number of aliphatic hydroxyl groups is 1. The maximum absolute atomic E-state index is 9.97. The molecule has 1 saturated heterocycles. The Balaban J connectivity index is 2.16. The van der Waals surface area contributed by atoms with Gasteiger partial charge in [0, 0.05) is 13.7 Å². The van der Waals surface area contributed by atoms with Crippen LogP contribution < -0.4 is 0 Å². The van der Waals surface area contributed by atoms with Gasteiger partial charge in [-0.3, -0.25) is 0 Å². The van der Waals surface area contributed by atoms with E-state index in [0.717, 1.165) is 25.6 Å². The monoisotopic (exact) mass is 259 g/mol. The van der Waals surface area contributed by atoms with Crippen LogP contribution in [-0.4, -0.2) is 62.2 Å². The van der Waals surface area contributed by atoms with E-state index in [1.807, 2.05) is 6.92 Å². The number of nitrogens with zero attached hydrogens (tertiary/aromatic N) is 1. The summed E-state index contributed by atoms with van der Waals surface area (Å²) in [7, 11) is 1.66. The second kappa shape index (κ2) is 8.86. The second-order valence-electron chi connectivity index (χ2n) is 5.59. The van der Waals surface area contributed by atoms with Crippen molar-refractivity contribution >= 4 is 0 Å². The molecule has 0 spiro atoms. The lowest BCUT2D eigenvalue weighted by atomic mass is 10.0. The van der Waals surface area contributed by atoms with Crippen molar-refractivity contribution in [1.29, 1.82) is 0 Å². The predicted octanol–water partition coefficient (Wildman–Crippen LogP) is 1.52. The molecule has 1 aliphatic rings. The highest BCUT2D eigenvalue weighted by Crippen LogP contribution is 2.16. The molecule has 0 aromatic carbocycles. The van der Waals surface area contributed by atoms with Crippen LogP contribution in [0.15, 0.2) is 0 Å². The molecule has 0 aliphatic carbocycles. The lowest BCUT2D eigenvalue weighted by Gasteiger charge is -2.24. The van der Waals surface area contributed by atoms with Crippen molar-refractivity contribution in [3.63, 3.8) is 0 Å². The molecule has 0 saturated carbocycles. The lowest BCUT2D eigenvalue weighted by Crippen LogP contribution is -2.36. The molecule has 1 N–H and O–H groups in total. The number of β-amino-alcohol motifs (C(OH)–C–C–N with tert-alkyl or cyclic N) is 1. The van der Waals surface area contributed by atoms with Gasteiger partial charge in [0.15, 0.2) is 0 Å². The highest BCUT2D eigenvalue weighted by atomic mass is 16.5. The van der Waals surface area contributed by atoms with E-state index < -0.39 is 6.10 Å². The molecule has 1 aliphatic heterocycles. The minimum Gasteiger partial charge on any atom is -0.389 e. The van der Waals surface area contributed by atoms with Crippen molar-refractivity contribution in [2.75, 3.05) is 40.0 Å². The molecule has 0 aromatic rings.